The summed E-state index contributed by atoms with van der Waals surface area (Å²) in [7, 11) is 2.06. The van der Waals surface area contributed by atoms with Crippen molar-refractivity contribution in [1.29, 1.82) is 0 Å². The van der Waals surface area contributed by atoms with Gasteiger partial charge in [-0.3, -0.25) is 9.59 Å². The van der Waals surface area contributed by atoms with Crippen molar-refractivity contribution in [3.05, 3.63) is 98.2 Å². The van der Waals surface area contributed by atoms with Gasteiger partial charge in [-0.25, -0.2) is 0 Å². The Morgan fingerprint density at radius 3 is 2.56 bits per heavy atom. The Labute approximate surface area is 246 Å². The third-order valence-corrected chi connectivity index (χ3v) is 8.75. The fraction of sp³-hybridized carbons (Fsp3) is 0.273. The van der Waals surface area contributed by atoms with Gasteiger partial charge in [0.1, 0.15) is 0 Å². The number of thioether (sulfide) groups is 1. The summed E-state index contributed by atoms with van der Waals surface area (Å²) in [6, 6.07) is 16.3. The number of hydrogen-bond donors (Lipinski definition) is 3. The lowest BCUT2D eigenvalue weighted by Crippen LogP contribution is -2.35. The van der Waals surface area contributed by atoms with Gasteiger partial charge in [-0.2, -0.15) is 0 Å². The Bertz CT molecular complexity index is 1560. The normalized spacial score (nSPS) is 16.5. The molecule has 0 bridgehead atoms. The van der Waals surface area contributed by atoms with Crippen molar-refractivity contribution in [3.8, 4) is 0 Å². The molecule has 2 amide bonds. The van der Waals surface area contributed by atoms with Gasteiger partial charge in [0.25, 0.3) is 11.8 Å². The molecule has 41 heavy (non-hydrogen) atoms. The quantitative estimate of drug-likeness (QED) is 0.270. The van der Waals surface area contributed by atoms with E-state index in [1.54, 1.807) is 11.8 Å². The standard InChI is InChI=1S/C33H37N5O2S/c1-6-38(7-2)16-15-34-33(40)31-21(3)28(35-22(31)4)19-26-25-18-24(13-14-27(25)36-32(26)39)29-20-41-30(37(29)5)17-23-11-9-8-10-12-23/h8-14,17-20,35H,6-7,15-16H2,1-5H3,(H,34,40)(H,36,39). The summed E-state index contributed by atoms with van der Waals surface area (Å²) >= 11 is 1.69. The lowest BCUT2D eigenvalue weighted by atomic mass is 10.0. The molecule has 5 rings (SSSR count). The Balaban J connectivity index is 1.38. The van der Waals surface area contributed by atoms with Crippen molar-refractivity contribution in [3.63, 3.8) is 0 Å². The van der Waals surface area contributed by atoms with E-state index in [0.29, 0.717) is 17.7 Å². The fourth-order valence-corrected chi connectivity index (χ4v) is 6.31. The first-order chi connectivity index (χ1) is 19.8. The first kappa shape index (κ1) is 28.5. The number of rotatable bonds is 9. The summed E-state index contributed by atoms with van der Waals surface area (Å²) in [5.41, 5.74) is 8.50. The van der Waals surface area contributed by atoms with Gasteiger partial charge in [0.2, 0.25) is 0 Å². The number of nitrogens with one attached hydrogen (secondary N) is 3. The lowest BCUT2D eigenvalue weighted by molar-refractivity contribution is -0.110. The van der Waals surface area contributed by atoms with Crippen LogP contribution in [0.15, 0.2) is 59.0 Å². The number of fused-ring (bicyclic) bond motifs is 1. The zero-order chi connectivity index (χ0) is 29.1. The molecule has 2 aliphatic heterocycles. The summed E-state index contributed by atoms with van der Waals surface area (Å²) in [5.74, 6) is -0.249. The zero-order valence-electron chi connectivity index (χ0n) is 24.3. The van der Waals surface area contributed by atoms with Gasteiger partial charge >= 0.3 is 0 Å². The predicted molar refractivity (Wildman–Crippen MR) is 171 cm³/mol. The maximum absolute atomic E-state index is 13.1. The number of aromatic amines is 1. The van der Waals surface area contributed by atoms with Crippen molar-refractivity contribution in [2.24, 2.45) is 0 Å². The number of H-pyrrole nitrogens is 1. The third-order valence-electron chi connectivity index (χ3n) is 7.77. The van der Waals surface area contributed by atoms with Gasteiger partial charge in [0.05, 0.1) is 21.9 Å². The summed E-state index contributed by atoms with van der Waals surface area (Å²) in [6.07, 6.45) is 4.04. The summed E-state index contributed by atoms with van der Waals surface area (Å²) < 4.78 is 0. The van der Waals surface area contributed by atoms with E-state index in [0.717, 1.165) is 69.7 Å². The van der Waals surface area contributed by atoms with Crippen LogP contribution in [0.4, 0.5) is 5.69 Å². The molecule has 3 N–H and O–H groups in total. The van der Waals surface area contributed by atoms with Crippen LogP contribution in [0.25, 0.3) is 23.4 Å². The minimum Gasteiger partial charge on any atom is -0.358 e. The Hall–Kier alpha value is -4.01. The van der Waals surface area contributed by atoms with Crippen LogP contribution in [0.5, 0.6) is 0 Å². The lowest BCUT2D eigenvalue weighted by Gasteiger charge is -2.18. The van der Waals surface area contributed by atoms with Gasteiger partial charge in [0.15, 0.2) is 0 Å². The largest absolute Gasteiger partial charge is 0.358 e. The maximum atomic E-state index is 13.1. The molecule has 3 heterocycles. The van der Waals surface area contributed by atoms with E-state index < -0.39 is 0 Å². The molecular weight excluding hydrogens is 530 g/mol. The molecule has 0 saturated carbocycles. The fourth-order valence-electron chi connectivity index (χ4n) is 5.33. The van der Waals surface area contributed by atoms with E-state index in [1.165, 1.54) is 0 Å². The van der Waals surface area contributed by atoms with E-state index >= 15 is 0 Å². The molecule has 0 unspecified atom stereocenters. The first-order valence-corrected chi connectivity index (χ1v) is 14.9. The van der Waals surface area contributed by atoms with Crippen molar-refractivity contribution in [1.82, 2.24) is 20.1 Å². The molecule has 2 aliphatic rings. The van der Waals surface area contributed by atoms with Crippen LogP contribution < -0.4 is 10.6 Å². The number of amides is 2. The van der Waals surface area contributed by atoms with E-state index in [1.807, 2.05) is 50.3 Å². The van der Waals surface area contributed by atoms with Crippen LogP contribution in [-0.4, -0.2) is 59.8 Å². The second-order valence-corrected chi connectivity index (χ2v) is 11.2. The molecule has 0 aliphatic carbocycles. The molecule has 3 aromatic rings. The summed E-state index contributed by atoms with van der Waals surface area (Å²) in [4.78, 5) is 33.9. The van der Waals surface area contributed by atoms with Crippen molar-refractivity contribution >= 4 is 52.7 Å². The maximum Gasteiger partial charge on any atom is 0.256 e. The number of nitrogens with zero attached hydrogens (tertiary/aromatic N) is 2. The topological polar surface area (TPSA) is 80.5 Å². The van der Waals surface area contributed by atoms with Gasteiger partial charge in [-0.1, -0.05) is 62.0 Å². The number of carbonyl (C=O) groups is 2. The van der Waals surface area contributed by atoms with E-state index in [-0.39, 0.29) is 11.8 Å². The van der Waals surface area contributed by atoms with Crippen LogP contribution in [0.1, 0.15) is 57.8 Å². The summed E-state index contributed by atoms with van der Waals surface area (Å²) in [5, 5.41) is 9.33. The Morgan fingerprint density at radius 2 is 1.83 bits per heavy atom. The van der Waals surface area contributed by atoms with Crippen molar-refractivity contribution in [2.45, 2.75) is 27.7 Å². The first-order valence-electron chi connectivity index (χ1n) is 14.1. The Morgan fingerprint density at radius 1 is 1.07 bits per heavy atom. The molecule has 1 aromatic heterocycles. The molecule has 212 valence electrons. The van der Waals surface area contributed by atoms with Gasteiger partial charge in [-0.05, 0) is 67.9 Å². The SMILES string of the molecule is CCN(CC)CCNC(=O)c1c(C)[nH]c(C=C2C(=O)Nc3ccc(C4=CSC(=Cc5ccccc5)N4C)cc32)c1C. The van der Waals surface area contributed by atoms with Crippen LogP contribution in [0.2, 0.25) is 0 Å². The van der Waals surface area contributed by atoms with Crippen LogP contribution in [-0.2, 0) is 4.79 Å². The number of hydrogen-bond acceptors (Lipinski definition) is 5. The highest BCUT2D eigenvalue weighted by Gasteiger charge is 2.28. The smallest absolute Gasteiger partial charge is 0.256 e. The molecule has 0 atom stereocenters. The van der Waals surface area contributed by atoms with Crippen LogP contribution in [0, 0.1) is 13.8 Å². The minimum absolute atomic E-state index is 0.0975. The zero-order valence-corrected chi connectivity index (χ0v) is 25.1. The van der Waals surface area contributed by atoms with Crippen molar-refractivity contribution in [2.75, 3.05) is 38.5 Å². The van der Waals surface area contributed by atoms with E-state index in [2.05, 4.69) is 76.0 Å². The third kappa shape index (κ3) is 5.89. The van der Waals surface area contributed by atoms with Crippen molar-refractivity contribution < 1.29 is 9.59 Å². The number of anilines is 1. The van der Waals surface area contributed by atoms with Crippen LogP contribution >= 0.6 is 11.8 Å². The molecule has 8 heteroatoms. The highest BCUT2D eigenvalue weighted by atomic mass is 32.2. The highest BCUT2D eigenvalue weighted by molar-refractivity contribution is 8.06. The van der Waals surface area contributed by atoms with Gasteiger partial charge < -0.3 is 25.4 Å². The minimum atomic E-state index is -0.151. The number of aryl methyl sites for hydroxylation is 1. The summed E-state index contributed by atoms with van der Waals surface area (Å²) in [6.45, 7) is 11.4. The predicted octanol–water partition coefficient (Wildman–Crippen LogP) is 6.17. The van der Waals surface area contributed by atoms with Gasteiger partial charge in [-0.15, -0.1) is 0 Å². The number of aromatic nitrogens is 1. The molecule has 2 aromatic carbocycles. The number of benzene rings is 2. The Kier molecular flexibility index (Phi) is 8.52. The second kappa shape index (κ2) is 12.2. The van der Waals surface area contributed by atoms with Crippen LogP contribution in [0.3, 0.4) is 0 Å². The number of likely N-dealkylation sites (N-methyl/N-ethyl adjacent to an activating group) is 1. The molecule has 0 radical (unpaired) electrons. The average Bonchev–Trinajstić information content (AvgIpc) is 3.58. The molecular formula is C33H37N5O2S. The molecule has 0 saturated heterocycles. The molecule has 0 fully saturated rings. The molecule has 0 spiro atoms. The average molecular weight is 568 g/mol. The monoisotopic (exact) mass is 567 g/mol. The second-order valence-electron chi connectivity index (χ2n) is 10.3. The van der Waals surface area contributed by atoms with E-state index in [4.69, 9.17) is 0 Å². The highest BCUT2D eigenvalue weighted by Crippen LogP contribution is 2.42. The number of carbonyl (C=O) groups excluding carboxylic acids is 2. The molecule has 7 nitrogen and oxygen atoms in total. The van der Waals surface area contributed by atoms with E-state index in [9.17, 15) is 9.59 Å². The van der Waals surface area contributed by atoms with Gasteiger partial charge in [0, 0.05) is 48.2 Å².